The number of nitrogens with one attached hydrogen (secondary N) is 1. The number of nitrogens with zero attached hydrogens (tertiary/aromatic N) is 2. The lowest BCUT2D eigenvalue weighted by Gasteiger charge is -2.18. The molecule has 2 aromatic rings. The smallest absolute Gasteiger partial charge is 0.256 e. The molecule has 0 aromatic carbocycles. The molecule has 2 rings (SSSR count). The van der Waals surface area contributed by atoms with Crippen LogP contribution in [-0.2, 0) is 5.41 Å². The van der Waals surface area contributed by atoms with Gasteiger partial charge in [-0.1, -0.05) is 44.0 Å². The maximum atomic E-state index is 12.3. The van der Waals surface area contributed by atoms with Crippen LogP contribution in [0.2, 0.25) is 10.0 Å². The average molecular weight is 324 g/mol. The summed E-state index contributed by atoms with van der Waals surface area (Å²) in [6.07, 6.45) is 3.04. The number of rotatable bonds is 2. The van der Waals surface area contributed by atoms with Crippen molar-refractivity contribution in [2.45, 2.75) is 26.2 Å². The van der Waals surface area contributed by atoms with Gasteiger partial charge in [0.15, 0.2) is 5.82 Å². The maximum absolute atomic E-state index is 12.3. The second kappa shape index (κ2) is 6.00. The van der Waals surface area contributed by atoms with Gasteiger partial charge >= 0.3 is 0 Å². The molecule has 0 spiro atoms. The third-order valence-corrected chi connectivity index (χ3v) is 3.33. The summed E-state index contributed by atoms with van der Waals surface area (Å²) in [5.41, 5.74) is 1.21. The molecular formula is C15H15Cl2N3O. The highest BCUT2D eigenvalue weighted by Gasteiger charge is 2.18. The molecule has 4 nitrogen and oxygen atoms in total. The summed E-state index contributed by atoms with van der Waals surface area (Å²) in [7, 11) is 0. The molecule has 0 atom stereocenters. The van der Waals surface area contributed by atoms with Crippen molar-refractivity contribution in [2.24, 2.45) is 0 Å². The van der Waals surface area contributed by atoms with E-state index in [9.17, 15) is 4.79 Å². The van der Waals surface area contributed by atoms with E-state index in [1.54, 1.807) is 18.3 Å². The zero-order valence-electron chi connectivity index (χ0n) is 11.9. The Morgan fingerprint density at radius 2 is 1.90 bits per heavy atom. The van der Waals surface area contributed by atoms with Gasteiger partial charge in [0.2, 0.25) is 0 Å². The predicted octanol–water partition coefficient (Wildman–Crippen LogP) is 4.33. The number of anilines is 1. The highest BCUT2D eigenvalue weighted by Crippen LogP contribution is 2.24. The number of hydrogen-bond acceptors (Lipinski definition) is 3. The summed E-state index contributed by atoms with van der Waals surface area (Å²) in [6.45, 7) is 6.11. The Kier molecular flexibility index (Phi) is 4.49. The normalized spacial score (nSPS) is 11.3. The summed E-state index contributed by atoms with van der Waals surface area (Å²) >= 11 is 11.8. The number of halogens is 2. The van der Waals surface area contributed by atoms with E-state index >= 15 is 0 Å². The number of hydrogen-bond donors (Lipinski definition) is 1. The first kappa shape index (κ1) is 15.7. The summed E-state index contributed by atoms with van der Waals surface area (Å²) < 4.78 is 0. The minimum atomic E-state index is -0.292. The lowest BCUT2D eigenvalue weighted by molar-refractivity contribution is 0.102. The summed E-state index contributed by atoms with van der Waals surface area (Å²) in [5, 5.41) is 3.37. The Balaban J connectivity index is 2.25. The van der Waals surface area contributed by atoms with Gasteiger partial charge in [0.1, 0.15) is 0 Å². The summed E-state index contributed by atoms with van der Waals surface area (Å²) in [5.74, 6) is -0.0141. The van der Waals surface area contributed by atoms with E-state index in [-0.39, 0.29) is 17.1 Å². The predicted molar refractivity (Wildman–Crippen MR) is 85.1 cm³/mol. The molecule has 2 heterocycles. The SMILES string of the molecule is CC(C)(C)c1cc(C(=O)Nc2ncc(Cl)cc2Cl)ccn1. The Hall–Kier alpha value is -1.65. The number of pyridine rings is 2. The molecule has 0 aliphatic heterocycles. The molecule has 1 N–H and O–H groups in total. The van der Waals surface area contributed by atoms with Crippen LogP contribution in [0.25, 0.3) is 0 Å². The number of carbonyl (C=O) groups excluding carboxylic acids is 1. The van der Waals surface area contributed by atoms with E-state index in [1.807, 2.05) is 20.8 Å². The quantitative estimate of drug-likeness (QED) is 0.894. The fourth-order valence-corrected chi connectivity index (χ4v) is 2.10. The van der Waals surface area contributed by atoms with Crippen molar-refractivity contribution in [1.82, 2.24) is 9.97 Å². The van der Waals surface area contributed by atoms with Gasteiger partial charge in [-0.05, 0) is 18.2 Å². The molecule has 0 bridgehead atoms. The molecule has 0 aliphatic rings. The molecule has 0 aliphatic carbocycles. The maximum Gasteiger partial charge on any atom is 0.256 e. The molecule has 0 radical (unpaired) electrons. The molecule has 2 aromatic heterocycles. The molecule has 0 fully saturated rings. The van der Waals surface area contributed by atoms with Crippen LogP contribution in [0.15, 0.2) is 30.6 Å². The Bertz CT molecular complexity index is 681. The highest BCUT2D eigenvalue weighted by molar-refractivity contribution is 6.36. The third-order valence-electron chi connectivity index (χ3n) is 2.83. The Morgan fingerprint density at radius 1 is 1.19 bits per heavy atom. The number of carbonyl (C=O) groups is 1. The minimum absolute atomic E-state index is 0.132. The van der Waals surface area contributed by atoms with Crippen molar-refractivity contribution >= 4 is 34.9 Å². The van der Waals surface area contributed by atoms with E-state index in [2.05, 4.69) is 15.3 Å². The van der Waals surface area contributed by atoms with E-state index in [4.69, 9.17) is 23.2 Å². The molecule has 21 heavy (non-hydrogen) atoms. The largest absolute Gasteiger partial charge is 0.305 e. The molecule has 0 saturated heterocycles. The van der Waals surface area contributed by atoms with Gasteiger partial charge in [-0.2, -0.15) is 0 Å². The standard InChI is InChI=1S/C15H15Cl2N3O/c1-15(2,3)12-6-9(4-5-18-12)14(21)20-13-11(17)7-10(16)8-19-13/h4-8H,1-3H3,(H,19,20,21). The summed E-state index contributed by atoms with van der Waals surface area (Å²) in [6, 6.07) is 4.94. The monoisotopic (exact) mass is 323 g/mol. The average Bonchev–Trinajstić information content (AvgIpc) is 2.41. The molecule has 1 amide bonds. The number of aromatic nitrogens is 2. The first-order valence-electron chi connectivity index (χ1n) is 6.36. The van der Waals surface area contributed by atoms with Crippen LogP contribution in [-0.4, -0.2) is 15.9 Å². The van der Waals surface area contributed by atoms with Crippen LogP contribution in [0.3, 0.4) is 0 Å². The van der Waals surface area contributed by atoms with Gasteiger partial charge in [-0.25, -0.2) is 4.98 Å². The van der Waals surface area contributed by atoms with E-state index < -0.39 is 0 Å². The van der Waals surface area contributed by atoms with Gasteiger partial charge in [0.25, 0.3) is 5.91 Å². The van der Waals surface area contributed by atoms with Crippen molar-refractivity contribution in [1.29, 1.82) is 0 Å². The second-order valence-electron chi connectivity index (χ2n) is 5.62. The fraction of sp³-hybridized carbons (Fsp3) is 0.267. The van der Waals surface area contributed by atoms with Crippen LogP contribution in [0.5, 0.6) is 0 Å². The van der Waals surface area contributed by atoms with Gasteiger partial charge in [-0.3, -0.25) is 9.78 Å². The van der Waals surface area contributed by atoms with Crippen molar-refractivity contribution in [3.63, 3.8) is 0 Å². The zero-order valence-corrected chi connectivity index (χ0v) is 13.5. The lowest BCUT2D eigenvalue weighted by Crippen LogP contribution is -2.17. The minimum Gasteiger partial charge on any atom is -0.305 e. The van der Waals surface area contributed by atoms with Crippen molar-refractivity contribution in [2.75, 3.05) is 5.32 Å². The van der Waals surface area contributed by atoms with Crippen LogP contribution < -0.4 is 5.32 Å². The first-order valence-corrected chi connectivity index (χ1v) is 7.12. The van der Waals surface area contributed by atoms with Crippen molar-refractivity contribution in [3.05, 3.63) is 51.9 Å². The Labute approximate surface area is 133 Å². The van der Waals surface area contributed by atoms with Gasteiger partial charge in [-0.15, -0.1) is 0 Å². The summed E-state index contributed by atoms with van der Waals surface area (Å²) in [4.78, 5) is 20.6. The van der Waals surface area contributed by atoms with Gasteiger partial charge in [0, 0.05) is 29.1 Å². The topological polar surface area (TPSA) is 54.9 Å². The first-order chi connectivity index (χ1) is 9.77. The van der Waals surface area contributed by atoms with Crippen LogP contribution in [0.1, 0.15) is 36.8 Å². The van der Waals surface area contributed by atoms with Crippen LogP contribution in [0.4, 0.5) is 5.82 Å². The van der Waals surface area contributed by atoms with Crippen molar-refractivity contribution in [3.8, 4) is 0 Å². The molecular weight excluding hydrogens is 309 g/mol. The van der Waals surface area contributed by atoms with Crippen molar-refractivity contribution < 1.29 is 4.79 Å². The third kappa shape index (κ3) is 3.93. The molecule has 0 saturated carbocycles. The second-order valence-corrected chi connectivity index (χ2v) is 6.46. The van der Waals surface area contributed by atoms with E-state index in [1.165, 1.54) is 12.3 Å². The Morgan fingerprint density at radius 3 is 2.52 bits per heavy atom. The molecule has 0 unspecified atom stereocenters. The van der Waals surface area contributed by atoms with Crippen LogP contribution >= 0.6 is 23.2 Å². The van der Waals surface area contributed by atoms with Gasteiger partial charge < -0.3 is 5.32 Å². The zero-order chi connectivity index (χ0) is 15.6. The van der Waals surface area contributed by atoms with Crippen LogP contribution in [0, 0.1) is 0 Å². The number of amides is 1. The highest BCUT2D eigenvalue weighted by atomic mass is 35.5. The molecule has 6 heteroatoms. The van der Waals surface area contributed by atoms with E-state index in [0.29, 0.717) is 15.6 Å². The lowest BCUT2D eigenvalue weighted by atomic mass is 9.91. The van der Waals surface area contributed by atoms with Gasteiger partial charge in [0.05, 0.1) is 10.0 Å². The fourth-order valence-electron chi connectivity index (χ4n) is 1.67. The van der Waals surface area contributed by atoms with E-state index in [0.717, 1.165) is 5.69 Å². The molecule has 110 valence electrons.